The molecule has 0 aliphatic rings. The normalized spacial score (nSPS) is 13.5. The van der Waals surface area contributed by atoms with E-state index in [1.807, 2.05) is 0 Å². The highest BCUT2D eigenvalue weighted by molar-refractivity contribution is 5.89. The topological polar surface area (TPSA) is 72.5 Å². The van der Waals surface area contributed by atoms with E-state index in [4.69, 9.17) is 5.73 Å². The SMILES string of the molecule is COC(=O)c1cccc([C@@H](N)[C@H](C)O)c1.Cl. The molecule has 0 saturated carbocycles. The molecule has 2 atom stereocenters. The van der Waals surface area contributed by atoms with Crippen molar-refractivity contribution in [2.24, 2.45) is 5.73 Å². The Morgan fingerprint density at radius 3 is 2.62 bits per heavy atom. The van der Waals surface area contributed by atoms with E-state index in [0.29, 0.717) is 11.1 Å². The minimum atomic E-state index is -0.655. The van der Waals surface area contributed by atoms with Gasteiger partial charge in [0, 0.05) is 0 Å². The lowest BCUT2D eigenvalue weighted by Gasteiger charge is -2.15. The molecule has 0 aliphatic heterocycles. The molecule has 0 fully saturated rings. The van der Waals surface area contributed by atoms with Crippen LogP contribution in [0.5, 0.6) is 0 Å². The Labute approximate surface area is 101 Å². The first kappa shape index (κ1) is 14.9. The van der Waals surface area contributed by atoms with Crippen LogP contribution < -0.4 is 5.73 Å². The molecule has 90 valence electrons. The number of rotatable bonds is 3. The number of hydrogen-bond donors (Lipinski definition) is 2. The van der Waals surface area contributed by atoms with Gasteiger partial charge in [-0.05, 0) is 24.6 Å². The maximum atomic E-state index is 11.2. The van der Waals surface area contributed by atoms with Crippen LogP contribution in [0.4, 0.5) is 0 Å². The Balaban J connectivity index is 0.00000225. The van der Waals surface area contributed by atoms with Crippen LogP contribution in [-0.2, 0) is 4.74 Å². The lowest BCUT2D eigenvalue weighted by molar-refractivity contribution is 0.0600. The minimum absolute atomic E-state index is 0. The number of carbonyl (C=O) groups is 1. The third kappa shape index (κ3) is 3.48. The number of aliphatic hydroxyl groups excluding tert-OH is 1. The summed E-state index contributed by atoms with van der Waals surface area (Å²) in [5.41, 5.74) is 6.90. The van der Waals surface area contributed by atoms with Gasteiger partial charge in [0.2, 0.25) is 0 Å². The highest BCUT2D eigenvalue weighted by Gasteiger charge is 2.14. The second-order valence-corrected chi connectivity index (χ2v) is 3.38. The molecule has 4 nitrogen and oxygen atoms in total. The molecule has 1 aromatic rings. The Kier molecular flexibility index (Phi) is 6.03. The van der Waals surface area contributed by atoms with Crippen LogP contribution in [0.15, 0.2) is 24.3 Å². The summed E-state index contributed by atoms with van der Waals surface area (Å²) in [5.74, 6) is -0.408. The average Bonchev–Trinajstić information content (AvgIpc) is 2.27. The number of hydrogen-bond acceptors (Lipinski definition) is 4. The summed E-state index contributed by atoms with van der Waals surface area (Å²) in [4.78, 5) is 11.2. The quantitative estimate of drug-likeness (QED) is 0.787. The molecule has 0 radical (unpaired) electrons. The first-order chi connectivity index (χ1) is 7.06. The number of benzene rings is 1. The Bertz CT molecular complexity index is 355. The summed E-state index contributed by atoms with van der Waals surface area (Å²) in [7, 11) is 1.32. The van der Waals surface area contributed by atoms with Gasteiger partial charge in [0.05, 0.1) is 24.8 Å². The number of halogens is 1. The molecule has 1 rings (SSSR count). The third-order valence-corrected chi connectivity index (χ3v) is 2.21. The lowest BCUT2D eigenvalue weighted by atomic mass is 10.0. The van der Waals surface area contributed by atoms with E-state index < -0.39 is 18.1 Å². The van der Waals surface area contributed by atoms with Crippen LogP contribution in [0.3, 0.4) is 0 Å². The Morgan fingerprint density at radius 1 is 1.50 bits per heavy atom. The van der Waals surface area contributed by atoms with E-state index in [2.05, 4.69) is 4.74 Å². The van der Waals surface area contributed by atoms with Gasteiger partial charge in [-0.2, -0.15) is 0 Å². The number of ether oxygens (including phenoxy) is 1. The molecule has 5 heteroatoms. The number of carbonyl (C=O) groups excluding carboxylic acids is 1. The summed E-state index contributed by atoms with van der Waals surface area (Å²) in [5, 5.41) is 9.32. The molecule has 0 amide bonds. The van der Waals surface area contributed by atoms with Gasteiger partial charge in [0.25, 0.3) is 0 Å². The summed E-state index contributed by atoms with van der Waals surface area (Å²) in [6.07, 6.45) is -0.655. The minimum Gasteiger partial charge on any atom is -0.465 e. The van der Waals surface area contributed by atoms with E-state index in [9.17, 15) is 9.90 Å². The fourth-order valence-corrected chi connectivity index (χ4v) is 1.27. The van der Waals surface area contributed by atoms with Crippen molar-refractivity contribution in [3.8, 4) is 0 Å². The zero-order valence-corrected chi connectivity index (χ0v) is 10.0. The van der Waals surface area contributed by atoms with Crippen molar-refractivity contribution < 1.29 is 14.6 Å². The monoisotopic (exact) mass is 245 g/mol. The van der Waals surface area contributed by atoms with Crippen LogP contribution in [0.2, 0.25) is 0 Å². The second kappa shape index (κ2) is 6.48. The molecule has 0 saturated heterocycles. The van der Waals surface area contributed by atoms with Crippen molar-refractivity contribution in [1.29, 1.82) is 0 Å². The standard InChI is InChI=1S/C11H15NO3.ClH/c1-7(13)10(12)8-4-3-5-9(6-8)11(14)15-2;/h3-7,10,13H,12H2,1-2H3;1H/t7-,10-;/m0./s1. The van der Waals surface area contributed by atoms with Crippen molar-refractivity contribution in [2.45, 2.75) is 19.1 Å². The van der Waals surface area contributed by atoms with Crippen molar-refractivity contribution in [3.63, 3.8) is 0 Å². The van der Waals surface area contributed by atoms with Crippen LogP contribution in [0, 0.1) is 0 Å². The van der Waals surface area contributed by atoms with Gasteiger partial charge in [-0.15, -0.1) is 12.4 Å². The van der Waals surface area contributed by atoms with E-state index in [1.165, 1.54) is 7.11 Å². The van der Waals surface area contributed by atoms with E-state index >= 15 is 0 Å². The first-order valence-corrected chi connectivity index (χ1v) is 4.68. The molecular weight excluding hydrogens is 230 g/mol. The number of esters is 1. The molecule has 0 heterocycles. The van der Waals surface area contributed by atoms with E-state index in [0.717, 1.165) is 0 Å². The highest BCUT2D eigenvalue weighted by Crippen LogP contribution is 2.16. The molecule has 0 aliphatic carbocycles. The van der Waals surface area contributed by atoms with Crippen molar-refractivity contribution >= 4 is 18.4 Å². The number of methoxy groups -OCH3 is 1. The van der Waals surface area contributed by atoms with Gasteiger partial charge < -0.3 is 15.6 Å². The maximum Gasteiger partial charge on any atom is 0.337 e. The summed E-state index contributed by atoms with van der Waals surface area (Å²) in [6.45, 7) is 1.61. The molecule has 0 bridgehead atoms. The van der Waals surface area contributed by atoms with Crippen molar-refractivity contribution in [2.75, 3.05) is 7.11 Å². The Hall–Kier alpha value is -1.10. The van der Waals surface area contributed by atoms with Gasteiger partial charge in [-0.25, -0.2) is 4.79 Å². The van der Waals surface area contributed by atoms with E-state index in [-0.39, 0.29) is 12.4 Å². The zero-order valence-electron chi connectivity index (χ0n) is 9.21. The fraction of sp³-hybridized carbons (Fsp3) is 0.364. The summed E-state index contributed by atoms with van der Waals surface area (Å²) in [6, 6.07) is 6.26. The number of nitrogens with two attached hydrogens (primary N) is 1. The summed E-state index contributed by atoms with van der Waals surface area (Å²) >= 11 is 0. The predicted octanol–water partition coefficient (Wildman–Crippen LogP) is 1.28. The molecule has 16 heavy (non-hydrogen) atoms. The lowest BCUT2D eigenvalue weighted by Crippen LogP contribution is -2.23. The van der Waals surface area contributed by atoms with Crippen LogP contribution >= 0.6 is 12.4 Å². The van der Waals surface area contributed by atoms with Crippen LogP contribution in [-0.4, -0.2) is 24.3 Å². The van der Waals surface area contributed by atoms with Gasteiger partial charge >= 0.3 is 5.97 Å². The first-order valence-electron chi connectivity index (χ1n) is 4.68. The van der Waals surface area contributed by atoms with Crippen molar-refractivity contribution in [3.05, 3.63) is 35.4 Å². The third-order valence-electron chi connectivity index (χ3n) is 2.21. The smallest absolute Gasteiger partial charge is 0.337 e. The van der Waals surface area contributed by atoms with Crippen LogP contribution in [0.1, 0.15) is 28.9 Å². The zero-order chi connectivity index (χ0) is 11.4. The van der Waals surface area contributed by atoms with Crippen LogP contribution in [0.25, 0.3) is 0 Å². The molecule has 1 aromatic carbocycles. The molecule has 0 unspecified atom stereocenters. The molecule has 0 spiro atoms. The highest BCUT2D eigenvalue weighted by atomic mass is 35.5. The van der Waals surface area contributed by atoms with Gasteiger partial charge in [-0.1, -0.05) is 12.1 Å². The predicted molar refractivity (Wildman–Crippen MR) is 63.6 cm³/mol. The largest absolute Gasteiger partial charge is 0.465 e. The van der Waals surface area contributed by atoms with E-state index in [1.54, 1.807) is 31.2 Å². The molecule has 0 aromatic heterocycles. The second-order valence-electron chi connectivity index (χ2n) is 3.38. The fourth-order valence-electron chi connectivity index (χ4n) is 1.27. The average molecular weight is 246 g/mol. The Morgan fingerprint density at radius 2 is 2.12 bits per heavy atom. The number of aliphatic hydroxyl groups is 1. The summed E-state index contributed by atoms with van der Waals surface area (Å²) < 4.78 is 4.59. The molecule has 3 N–H and O–H groups in total. The van der Waals surface area contributed by atoms with Gasteiger partial charge in [0.1, 0.15) is 0 Å². The molecular formula is C11H16ClNO3. The van der Waals surface area contributed by atoms with Gasteiger partial charge in [-0.3, -0.25) is 0 Å². The maximum absolute atomic E-state index is 11.2. The van der Waals surface area contributed by atoms with Gasteiger partial charge in [0.15, 0.2) is 0 Å². The van der Waals surface area contributed by atoms with Crippen molar-refractivity contribution in [1.82, 2.24) is 0 Å².